The number of benzene rings is 2. The highest BCUT2D eigenvalue weighted by molar-refractivity contribution is 5.94. The minimum absolute atomic E-state index is 0.0745. The smallest absolute Gasteiger partial charge is 0.251 e. The molecular formula is C17H19NO2. The van der Waals surface area contributed by atoms with E-state index in [2.05, 4.69) is 11.4 Å². The van der Waals surface area contributed by atoms with Crippen molar-refractivity contribution in [2.75, 3.05) is 6.61 Å². The molecule has 104 valence electrons. The maximum absolute atomic E-state index is 12.0. The molecule has 3 heteroatoms. The molecule has 1 amide bonds. The molecule has 0 atom stereocenters. The molecule has 2 aromatic rings. The van der Waals surface area contributed by atoms with Gasteiger partial charge >= 0.3 is 0 Å². The topological polar surface area (TPSA) is 38.3 Å². The number of amides is 1. The second kappa shape index (κ2) is 6.75. The second-order valence-electron chi connectivity index (χ2n) is 4.63. The van der Waals surface area contributed by atoms with Gasteiger partial charge in [0.25, 0.3) is 5.91 Å². The summed E-state index contributed by atoms with van der Waals surface area (Å²) in [5.74, 6) is 0.706. The Morgan fingerprint density at radius 2 is 1.90 bits per heavy atom. The molecular weight excluding hydrogens is 250 g/mol. The fourth-order valence-electron chi connectivity index (χ4n) is 1.98. The summed E-state index contributed by atoms with van der Waals surface area (Å²) in [7, 11) is 0. The Labute approximate surface area is 119 Å². The van der Waals surface area contributed by atoms with E-state index in [-0.39, 0.29) is 5.91 Å². The molecule has 0 bridgehead atoms. The Morgan fingerprint density at radius 3 is 2.55 bits per heavy atom. The van der Waals surface area contributed by atoms with Crippen LogP contribution in [0, 0.1) is 6.92 Å². The Balaban J connectivity index is 1.94. The van der Waals surface area contributed by atoms with E-state index < -0.39 is 0 Å². The second-order valence-corrected chi connectivity index (χ2v) is 4.63. The summed E-state index contributed by atoms with van der Waals surface area (Å²) in [5.41, 5.74) is 2.93. The van der Waals surface area contributed by atoms with E-state index in [0.29, 0.717) is 18.7 Å². The van der Waals surface area contributed by atoms with Crippen molar-refractivity contribution in [1.29, 1.82) is 0 Å². The van der Waals surface area contributed by atoms with Gasteiger partial charge in [-0.25, -0.2) is 0 Å². The number of ether oxygens (including phenoxy) is 1. The van der Waals surface area contributed by atoms with Crippen LogP contribution in [0.5, 0.6) is 5.75 Å². The summed E-state index contributed by atoms with van der Waals surface area (Å²) in [6, 6.07) is 15.3. The molecule has 0 unspecified atom stereocenters. The standard InChI is InChI=1S/C17H19NO2/c1-3-20-16-9-7-15(8-10-16)17(19)18-12-14-6-4-5-13(2)11-14/h4-11H,3,12H2,1-2H3,(H,18,19). The molecule has 2 aromatic carbocycles. The number of rotatable bonds is 5. The third kappa shape index (κ3) is 3.85. The molecule has 0 radical (unpaired) electrons. The van der Waals surface area contributed by atoms with Crippen molar-refractivity contribution in [3.63, 3.8) is 0 Å². The number of nitrogens with one attached hydrogen (secondary N) is 1. The first-order chi connectivity index (χ1) is 9.69. The zero-order valence-electron chi connectivity index (χ0n) is 11.8. The van der Waals surface area contributed by atoms with Crippen molar-refractivity contribution >= 4 is 5.91 Å². The third-order valence-corrected chi connectivity index (χ3v) is 2.96. The lowest BCUT2D eigenvalue weighted by atomic mass is 10.1. The molecule has 2 rings (SSSR count). The van der Waals surface area contributed by atoms with Crippen LogP contribution < -0.4 is 10.1 Å². The van der Waals surface area contributed by atoms with Gasteiger partial charge in [-0.3, -0.25) is 4.79 Å². The number of hydrogen-bond acceptors (Lipinski definition) is 2. The van der Waals surface area contributed by atoms with Crippen molar-refractivity contribution in [3.8, 4) is 5.75 Å². The van der Waals surface area contributed by atoms with Gasteiger partial charge in [-0.1, -0.05) is 29.8 Å². The van der Waals surface area contributed by atoms with Crippen LogP contribution in [-0.4, -0.2) is 12.5 Å². The van der Waals surface area contributed by atoms with Crippen molar-refractivity contribution in [1.82, 2.24) is 5.32 Å². The Hall–Kier alpha value is -2.29. The SMILES string of the molecule is CCOc1ccc(C(=O)NCc2cccc(C)c2)cc1. The summed E-state index contributed by atoms with van der Waals surface area (Å²) < 4.78 is 5.35. The van der Waals surface area contributed by atoms with Gasteiger partial charge in [0.15, 0.2) is 0 Å². The Morgan fingerprint density at radius 1 is 1.15 bits per heavy atom. The van der Waals surface area contributed by atoms with Gasteiger partial charge in [-0.05, 0) is 43.7 Å². The predicted octanol–water partition coefficient (Wildman–Crippen LogP) is 3.32. The van der Waals surface area contributed by atoms with Crippen LogP contribution in [0.2, 0.25) is 0 Å². The quantitative estimate of drug-likeness (QED) is 0.904. The average molecular weight is 269 g/mol. The van der Waals surface area contributed by atoms with E-state index in [9.17, 15) is 4.79 Å². The molecule has 0 heterocycles. The minimum Gasteiger partial charge on any atom is -0.494 e. The van der Waals surface area contributed by atoms with Gasteiger partial charge in [0.1, 0.15) is 5.75 Å². The van der Waals surface area contributed by atoms with E-state index in [4.69, 9.17) is 4.74 Å². The normalized spacial score (nSPS) is 10.1. The molecule has 0 aromatic heterocycles. The number of hydrogen-bond donors (Lipinski definition) is 1. The summed E-state index contributed by atoms with van der Waals surface area (Å²) in [5, 5.41) is 2.91. The van der Waals surface area contributed by atoms with Crippen molar-refractivity contribution in [3.05, 3.63) is 65.2 Å². The highest BCUT2D eigenvalue weighted by Gasteiger charge is 2.05. The van der Waals surface area contributed by atoms with Gasteiger partial charge in [0.05, 0.1) is 6.61 Å². The first-order valence-electron chi connectivity index (χ1n) is 6.75. The average Bonchev–Trinajstić information content (AvgIpc) is 2.46. The molecule has 0 fully saturated rings. The maximum Gasteiger partial charge on any atom is 0.251 e. The lowest BCUT2D eigenvalue weighted by Crippen LogP contribution is -2.22. The third-order valence-electron chi connectivity index (χ3n) is 2.96. The monoisotopic (exact) mass is 269 g/mol. The van der Waals surface area contributed by atoms with Gasteiger partial charge in [-0.2, -0.15) is 0 Å². The van der Waals surface area contributed by atoms with Crippen molar-refractivity contribution in [2.24, 2.45) is 0 Å². The summed E-state index contributed by atoms with van der Waals surface area (Å²) in [4.78, 5) is 12.0. The summed E-state index contributed by atoms with van der Waals surface area (Å²) >= 11 is 0. The predicted molar refractivity (Wildman–Crippen MR) is 80.0 cm³/mol. The van der Waals surface area contributed by atoms with E-state index in [0.717, 1.165) is 11.3 Å². The van der Waals surface area contributed by atoms with Crippen LogP contribution >= 0.6 is 0 Å². The van der Waals surface area contributed by atoms with Crippen molar-refractivity contribution < 1.29 is 9.53 Å². The van der Waals surface area contributed by atoms with Crippen LogP contribution in [0.4, 0.5) is 0 Å². The molecule has 3 nitrogen and oxygen atoms in total. The maximum atomic E-state index is 12.0. The number of carbonyl (C=O) groups is 1. The van der Waals surface area contributed by atoms with E-state index in [1.165, 1.54) is 5.56 Å². The fourth-order valence-corrected chi connectivity index (χ4v) is 1.98. The highest BCUT2D eigenvalue weighted by atomic mass is 16.5. The molecule has 0 saturated heterocycles. The molecule has 20 heavy (non-hydrogen) atoms. The zero-order valence-corrected chi connectivity index (χ0v) is 11.8. The molecule has 1 N–H and O–H groups in total. The largest absolute Gasteiger partial charge is 0.494 e. The van der Waals surface area contributed by atoms with Crippen LogP contribution in [0.25, 0.3) is 0 Å². The van der Waals surface area contributed by atoms with Gasteiger partial charge in [-0.15, -0.1) is 0 Å². The van der Waals surface area contributed by atoms with E-state index in [1.807, 2.05) is 44.2 Å². The van der Waals surface area contributed by atoms with E-state index in [1.54, 1.807) is 12.1 Å². The van der Waals surface area contributed by atoms with Crippen LogP contribution in [-0.2, 0) is 6.54 Å². The minimum atomic E-state index is -0.0745. The van der Waals surface area contributed by atoms with Gasteiger partial charge < -0.3 is 10.1 Å². The van der Waals surface area contributed by atoms with Gasteiger partial charge in [0.2, 0.25) is 0 Å². The lowest BCUT2D eigenvalue weighted by molar-refractivity contribution is 0.0951. The first-order valence-corrected chi connectivity index (χ1v) is 6.75. The first kappa shape index (κ1) is 14.1. The molecule has 0 aliphatic rings. The van der Waals surface area contributed by atoms with Crippen LogP contribution in [0.3, 0.4) is 0 Å². The Bertz CT molecular complexity index is 576. The number of aryl methyl sites for hydroxylation is 1. The zero-order chi connectivity index (χ0) is 14.4. The lowest BCUT2D eigenvalue weighted by Gasteiger charge is -2.07. The summed E-state index contributed by atoms with van der Waals surface area (Å²) in [6.07, 6.45) is 0. The molecule has 0 aliphatic carbocycles. The highest BCUT2D eigenvalue weighted by Crippen LogP contribution is 2.12. The Kier molecular flexibility index (Phi) is 4.77. The molecule has 0 spiro atoms. The molecule has 0 saturated carbocycles. The summed E-state index contributed by atoms with van der Waals surface area (Å²) in [6.45, 7) is 5.13. The number of carbonyl (C=O) groups excluding carboxylic acids is 1. The fraction of sp³-hybridized carbons (Fsp3) is 0.235. The van der Waals surface area contributed by atoms with Crippen LogP contribution in [0.1, 0.15) is 28.4 Å². The van der Waals surface area contributed by atoms with Gasteiger partial charge in [0, 0.05) is 12.1 Å². The van der Waals surface area contributed by atoms with E-state index >= 15 is 0 Å². The van der Waals surface area contributed by atoms with Crippen LogP contribution in [0.15, 0.2) is 48.5 Å². The van der Waals surface area contributed by atoms with Crippen molar-refractivity contribution in [2.45, 2.75) is 20.4 Å². The molecule has 0 aliphatic heterocycles.